The standard InChI is InChI=1S/C18H26N6O2S/c1-12(2)24-16(25)8-7-15(22-24)23-9-5-4-6-14(23)11-19-17(26)21-18-20-10-13(3)27-18/h7-8,10,12,14H,4-6,9,11H2,1-3H3,(H2,19,20,21,26). The molecule has 0 radical (unpaired) electrons. The fraction of sp³-hybridized carbons (Fsp3) is 0.556. The first-order chi connectivity index (χ1) is 12.9. The highest BCUT2D eigenvalue weighted by atomic mass is 32.1. The Balaban J connectivity index is 1.66. The Hall–Kier alpha value is -2.42. The molecule has 0 spiro atoms. The van der Waals surface area contributed by atoms with Gasteiger partial charge in [0.05, 0.1) is 6.04 Å². The molecule has 2 amide bonds. The molecule has 2 N–H and O–H groups in total. The first-order valence-electron chi connectivity index (χ1n) is 9.28. The highest BCUT2D eigenvalue weighted by Gasteiger charge is 2.25. The van der Waals surface area contributed by atoms with E-state index >= 15 is 0 Å². The molecule has 0 aromatic carbocycles. The number of amides is 2. The van der Waals surface area contributed by atoms with Gasteiger partial charge in [0, 0.05) is 36.3 Å². The lowest BCUT2D eigenvalue weighted by atomic mass is 10.0. The summed E-state index contributed by atoms with van der Waals surface area (Å²) in [6.07, 6.45) is 4.89. The summed E-state index contributed by atoms with van der Waals surface area (Å²) in [6, 6.07) is 3.24. The summed E-state index contributed by atoms with van der Waals surface area (Å²) in [5, 5.41) is 10.8. The second kappa shape index (κ2) is 8.51. The summed E-state index contributed by atoms with van der Waals surface area (Å²) in [5.41, 5.74) is -0.0986. The summed E-state index contributed by atoms with van der Waals surface area (Å²) in [7, 11) is 0. The number of aryl methyl sites for hydroxylation is 1. The minimum absolute atomic E-state index is 0.00588. The van der Waals surface area contributed by atoms with Crippen molar-refractivity contribution < 1.29 is 4.79 Å². The number of carbonyl (C=O) groups is 1. The largest absolute Gasteiger partial charge is 0.350 e. The van der Waals surface area contributed by atoms with Crippen LogP contribution in [0.25, 0.3) is 0 Å². The molecule has 3 rings (SSSR count). The number of carbonyl (C=O) groups excluding carboxylic acids is 1. The zero-order chi connectivity index (χ0) is 19.4. The Morgan fingerprint density at radius 2 is 2.19 bits per heavy atom. The van der Waals surface area contributed by atoms with E-state index in [0.717, 1.165) is 36.5 Å². The van der Waals surface area contributed by atoms with Crippen LogP contribution in [-0.2, 0) is 0 Å². The van der Waals surface area contributed by atoms with Gasteiger partial charge in [-0.05, 0) is 46.1 Å². The van der Waals surface area contributed by atoms with Crippen molar-refractivity contribution in [2.75, 3.05) is 23.3 Å². The second-order valence-corrected chi connectivity index (χ2v) is 8.26. The smallest absolute Gasteiger partial charge is 0.321 e. The SMILES string of the molecule is Cc1cnc(NC(=O)NCC2CCCCN2c2ccc(=O)n(C(C)C)n2)s1. The third-order valence-electron chi connectivity index (χ3n) is 4.56. The van der Waals surface area contributed by atoms with Crippen LogP contribution in [0.1, 0.15) is 44.0 Å². The summed E-state index contributed by atoms with van der Waals surface area (Å²) in [5.74, 6) is 0.783. The Labute approximate surface area is 162 Å². The van der Waals surface area contributed by atoms with Crippen LogP contribution in [-0.4, -0.2) is 39.9 Å². The topological polar surface area (TPSA) is 92.2 Å². The van der Waals surface area contributed by atoms with E-state index in [1.54, 1.807) is 18.3 Å². The van der Waals surface area contributed by atoms with E-state index in [1.165, 1.54) is 16.0 Å². The van der Waals surface area contributed by atoms with Gasteiger partial charge in [0.1, 0.15) is 5.82 Å². The maximum Gasteiger partial charge on any atom is 0.321 e. The van der Waals surface area contributed by atoms with Crippen molar-refractivity contribution in [3.05, 3.63) is 33.6 Å². The van der Waals surface area contributed by atoms with Crippen LogP contribution < -0.4 is 21.1 Å². The molecule has 2 aromatic heterocycles. The first kappa shape index (κ1) is 19.3. The van der Waals surface area contributed by atoms with Crippen LogP contribution in [0.15, 0.2) is 23.1 Å². The van der Waals surface area contributed by atoms with Gasteiger partial charge in [-0.3, -0.25) is 10.1 Å². The molecule has 9 heteroatoms. The number of aromatic nitrogens is 3. The van der Waals surface area contributed by atoms with Crippen LogP contribution in [0.3, 0.4) is 0 Å². The van der Waals surface area contributed by atoms with Crippen molar-refractivity contribution in [2.45, 2.75) is 52.1 Å². The Bertz CT molecular complexity index is 846. The number of thiazole rings is 1. The highest BCUT2D eigenvalue weighted by molar-refractivity contribution is 7.15. The minimum atomic E-state index is -0.255. The van der Waals surface area contributed by atoms with Crippen LogP contribution in [0.5, 0.6) is 0 Å². The van der Waals surface area contributed by atoms with Gasteiger partial charge in [-0.1, -0.05) is 0 Å². The molecular weight excluding hydrogens is 364 g/mol. The molecule has 146 valence electrons. The molecule has 0 bridgehead atoms. The maximum atomic E-state index is 12.2. The predicted molar refractivity (Wildman–Crippen MR) is 108 cm³/mol. The highest BCUT2D eigenvalue weighted by Crippen LogP contribution is 2.22. The summed E-state index contributed by atoms with van der Waals surface area (Å²) in [6.45, 7) is 7.21. The number of hydrogen-bond donors (Lipinski definition) is 2. The van der Waals surface area contributed by atoms with Gasteiger partial charge in [-0.15, -0.1) is 11.3 Å². The Morgan fingerprint density at radius 3 is 2.89 bits per heavy atom. The molecule has 8 nitrogen and oxygen atoms in total. The molecule has 3 heterocycles. The number of piperidine rings is 1. The maximum absolute atomic E-state index is 12.2. The summed E-state index contributed by atoms with van der Waals surface area (Å²) < 4.78 is 1.51. The lowest BCUT2D eigenvalue weighted by Crippen LogP contribution is -2.48. The van der Waals surface area contributed by atoms with Crippen LogP contribution in [0.2, 0.25) is 0 Å². The Morgan fingerprint density at radius 1 is 1.37 bits per heavy atom. The van der Waals surface area contributed by atoms with Crippen molar-refractivity contribution in [1.29, 1.82) is 0 Å². The number of anilines is 2. The average molecular weight is 391 g/mol. The van der Waals surface area contributed by atoms with E-state index in [2.05, 4.69) is 25.6 Å². The van der Waals surface area contributed by atoms with Crippen molar-refractivity contribution in [3.63, 3.8) is 0 Å². The van der Waals surface area contributed by atoms with Gasteiger partial charge in [-0.2, -0.15) is 5.10 Å². The van der Waals surface area contributed by atoms with E-state index in [9.17, 15) is 9.59 Å². The predicted octanol–water partition coefficient (Wildman–Crippen LogP) is 2.77. The lowest BCUT2D eigenvalue weighted by Gasteiger charge is -2.36. The van der Waals surface area contributed by atoms with Crippen molar-refractivity contribution in [1.82, 2.24) is 20.1 Å². The van der Waals surface area contributed by atoms with E-state index in [-0.39, 0.29) is 23.7 Å². The molecule has 1 unspecified atom stereocenters. The number of hydrogen-bond acceptors (Lipinski definition) is 6. The molecule has 27 heavy (non-hydrogen) atoms. The monoisotopic (exact) mass is 390 g/mol. The fourth-order valence-corrected chi connectivity index (χ4v) is 3.88. The number of rotatable bonds is 5. The number of nitrogens with one attached hydrogen (secondary N) is 2. The summed E-state index contributed by atoms with van der Waals surface area (Å²) >= 11 is 1.44. The van der Waals surface area contributed by atoms with Crippen LogP contribution in [0, 0.1) is 6.92 Å². The zero-order valence-corrected chi connectivity index (χ0v) is 16.8. The average Bonchev–Trinajstić information content (AvgIpc) is 3.05. The number of nitrogens with zero attached hydrogens (tertiary/aromatic N) is 4. The van der Waals surface area contributed by atoms with Crippen LogP contribution in [0.4, 0.5) is 15.7 Å². The molecule has 1 fully saturated rings. The molecule has 1 saturated heterocycles. The van der Waals surface area contributed by atoms with Gasteiger partial charge >= 0.3 is 6.03 Å². The van der Waals surface area contributed by atoms with Gasteiger partial charge in [-0.25, -0.2) is 14.5 Å². The Kier molecular flexibility index (Phi) is 6.10. The van der Waals surface area contributed by atoms with E-state index in [0.29, 0.717) is 11.7 Å². The second-order valence-electron chi connectivity index (χ2n) is 7.02. The van der Waals surface area contributed by atoms with Gasteiger partial charge in [0.25, 0.3) is 5.56 Å². The van der Waals surface area contributed by atoms with Crippen molar-refractivity contribution in [3.8, 4) is 0 Å². The normalized spacial score (nSPS) is 17.2. The first-order valence-corrected chi connectivity index (χ1v) is 10.1. The van der Waals surface area contributed by atoms with Gasteiger partial charge in [0.15, 0.2) is 5.13 Å². The van der Waals surface area contributed by atoms with E-state index in [1.807, 2.05) is 20.8 Å². The van der Waals surface area contributed by atoms with Crippen molar-refractivity contribution in [2.24, 2.45) is 0 Å². The molecule has 0 aliphatic carbocycles. The summed E-state index contributed by atoms with van der Waals surface area (Å²) in [4.78, 5) is 31.5. The molecule has 1 aliphatic rings. The van der Waals surface area contributed by atoms with Crippen molar-refractivity contribution >= 4 is 28.3 Å². The lowest BCUT2D eigenvalue weighted by molar-refractivity contribution is 0.250. The molecular formula is C18H26N6O2S. The third kappa shape index (κ3) is 4.85. The van der Waals surface area contributed by atoms with E-state index < -0.39 is 0 Å². The third-order valence-corrected chi connectivity index (χ3v) is 5.39. The molecule has 1 aliphatic heterocycles. The van der Waals surface area contributed by atoms with Gasteiger partial charge in [0.2, 0.25) is 0 Å². The minimum Gasteiger partial charge on any atom is -0.350 e. The fourth-order valence-electron chi connectivity index (χ4n) is 3.22. The molecule has 1 atom stereocenters. The zero-order valence-electron chi connectivity index (χ0n) is 15.9. The van der Waals surface area contributed by atoms with Gasteiger partial charge < -0.3 is 10.2 Å². The molecule has 0 saturated carbocycles. The molecule has 2 aromatic rings. The number of urea groups is 1. The quantitative estimate of drug-likeness (QED) is 0.819. The van der Waals surface area contributed by atoms with Crippen LogP contribution >= 0.6 is 11.3 Å². The van der Waals surface area contributed by atoms with E-state index in [4.69, 9.17) is 0 Å².